The van der Waals surface area contributed by atoms with Gasteiger partial charge in [0, 0.05) is 36.8 Å². The largest absolute Gasteiger partial charge is 0.351 e. The molecule has 6 rings (SSSR count). The van der Waals surface area contributed by atoms with Crippen LogP contribution in [0.1, 0.15) is 90.0 Å². The number of para-hydroxylation sites is 1. The summed E-state index contributed by atoms with van der Waals surface area (Å²) in [5.41, 5.74) is 4.66. The van der Waals surface area contributed by atoms with Crippen LogP contribution in [-0.2, 0) is 6.54 Å². The molecule has 2 fully saturated rings. The van der Waals surface area contributed by atoms with Crippen LogP contribution in [0.25, 0.3) is 16.7 Å². The average Bonchev–Trinajstić information content (AvgIpc) is 3.86. The number of hydrogen-bond acceptors (Lipinski definition) is 5. The minimum Gasteiger partial charge on any atom is -0.351 e. The van der Waals surface area contributed by atoms with Gasteiger partial charge in [0.05, 0.1) is 28.0 Å². The van der Waals surface area contributed by atoms with Gasteiger partial charge in [-0.25, -0.2) is 9.67 Å². The Morgan fingerprint density at radius 3 is 2.43 bits per heavy atom. The van der Waals surface area contributed by atoms with E-state index < -0.39 is 0 Å². The average molecular weight is 498 g/mol. The highest BCUT2D eigenvalue weighted by atomic mass is 16.2. The number of nitrogens with one attached hydrogen (secondary N) is 2. The summed E-state index contributed by atoms with van der Waals surface area (Å²) in [5.74, 6) is 0.117. The standard InChI is InChI=1S/C28H31N7O2/c1-3-14-29-28(37)25-22(16-34(4-2)32-25)31-27(36)20-15-21(17-10-11-17)30-26-23(20)24(18-12-13-18)33-35(26)19-8-6-5-7-9-19/h5-9,15-18H,3-4,10-14H2,1-2H3,(H,29,37)(H,31,36). The number of carbonyl (C=O) groups excluding carboxylic acids is 2. The smallest absolute Gasteiger partial charge is 0.273 e. The van der Waals surface area contributed by atoms with Crippen molar-refractivity contribution in [1.29, 1.82) is 0 Å². The van der Waals surface area contributed by atoms with Crippen LogP contribution >= 0.6 is 0 Å². The van der Waals surface area contributed by atoms with Crippen LogP contribution in [0.4, 0.5) is 5.69 Å². The van der Waals surface area contributed by atoms with Crippen LogP contribution in [0, 0.1) is 0 Å². The number of aryl methyl sites for hydroxylation is 1. The highest BCUT2D eigenvalue weighted by Crippen LogP contribution is 2.45. The molecule has 0 unspecified atom stereocenters. The van der Waals surface area contributed by atoms with Crippen LogP contribution in [0.5, 0.6) is 0 Å². The van der Waals surface area contributed by atoms with Crippen molar-refractivity contribution in [2.45, 2.75) is 64.3 Å². The van der Waals surface area contributed by atoms with Crippen molar-refractivity contribution < 1.29 is 9.59 Å². The summed E-state index contributed by atoms with van der Waals surface area (Å²) in [6, 6.07) is 11.9. The van der Waals surface area contributed by atoms with Gasteiger partial charge in [-0.05, 0) is 57.2 Å². The van der Waals surface area contributed by atoms with Gasteiger partial charge in [0.1, 0.15) is 0 Å². The zero-order valence-corrected chi connectivity index (χ0v) is 21.2. The van der Waals surface area contributed by atoms with Gasteiger partial charge >= 0.3 is 0 Å². The van der Waals surface area contributed by atoms with E-state index in [9.17, 15) is 9.59 Å². The number of nitrogens with zero attached hydrogens (tertiary/aromatic N) is 5. The van der Waals surface area contributed by atoms with Crippen molar-refractivity contribution in [2.24, 2.45) is 0 Å². The molecule has 0 bridgehead atoms. The SMILES string of the molecule is CCCNC(=O)c1nn(CC)cc1NC(=O)c1cc(C2CC2)nc2c1c(C1CC1)nn2-c1ccccc1. The number of anilines is 1. The Morgan fingerprint density at radius 2 is 1.76 bits per heavy atom. The number of fused-ring (bicyclic) bond motifs is 1. The highest BCUT2D eigenvalue weighted by Gasteiger charge is 2.35. The Hall–Kier alpha value is -4.01. The van der Waals surface area contributed by atoms with Crippen molar-refractivity contribution in [2.75, 3.05) is 11.9 Å². The molecule has 0 atom stereocenters. The first-order valence-corrected chi connectivity index (χ1v) is 13.2. The van der Waals surface area contributed by atoms with Crippen molar-refractivity contribution in [1.82, 2.24) is 29.9 Å². The molecule has 9 nitrogen and oxygen atoms in total. The predicted octanol–water partition coefficient (Wildman–Crippen LogP) is 4.78. The van der Waals surface area contributed by atoms with Crippen molar-refractivity contribution in [3.63, 3.8) is 0 Å². The lowest BCUT2D eigenvalue weighted by Gasteiger charge is -2.10. The van der Waals surface area contributed by atoms with Crippen molar-refractivity contribution >= 4 is 28.5 Å². The van der Waals surface area contributed by atoms with E-state index >= 15 is 0 Å². The van der Waals surface area contributed by atoms with Gasteiger partial charge < -0.3 is 10.6 Å². The van der Waals surface area contributed by atoms with Gasteiger partial charge in [-0.2, -0.15) is 10.2 Å². The number of pyridine rings is 1. The van der Waals surface area contributed by atoms with Gasteiger partial charge in [0.15, 0.2) is 11.3 Å². The number of amides is 2. The first-order valence-electron chi connectivity index (χ1n) is 13.2. The van der Waals surface area contributed by atoms with Gasteiger partial charge in [-0.3, -0.25) is 14.3 Å². The van der Waals surface area contributed by atoms with Gasteiger partial charge in [0.2, 0.25) is 0 Å². The molecule has 1 aromatic carbocycles. The summed E-state index contributed by atoms with van der Waals surface area (Å²) < 4.78 is 3.54. The summed E-state index contributed by atoms with van der Waals surface area (Å²) in [6.07, 6.45) is 6.78. The zero-order valence-electron chi connectivity index (χ0n) is 21.2. The Labute approximate surface area is 215 Å². The fraction of sp³-hybridized carbons (Fsp3) is 0.393. The van der Waals surface area contributed by atoms with E-state index in [0.717, 1.165) is 54.6 Å². The minimum absolute atomic E-state index is 0.221. The third kappa shape index (κ3) is 4.50. The number of benzene rings is 1. The zero-order chi connectivity index (χ0) is 25.5. The first-order chi connectivity index (χ1) is 18.1. The molecule has 0 saturated heterocycles. The van der Waals surface area contributed by atoms with Crippen molar-refractivity contribution in [3.8, 4) is 5.69 Å². The summed E-state index contributed by atoms with van der Waals surface area (Å²) >= 11 is 0. The fourth-order valence-corrected chi connectivity index (χ4v) is 4.68. The van der Waals surface area contributed by atoms with Crippen LogP contribution in [0.15, 0.2) is 42.6 Å². The van der Waals surface area contributed by atoms with E-state index in [1.54, 1.807) is 10.9 Å². The molecule has 37 heavy (non-hydrogen) atoms. The molecule has 2 aliphatic carbocycles. The van der Waals surface area contributed by atoms with E-state index in [-0.39, 0.29) is 17.5 Å². The van der Waals surface area contributed by atoms with E-state index in [2.05, 4.69) is 15.7 Å². The number of carbonyl (C=O) groups is 2. The normalized spacial score (nSPS) is 15.2. The molecule has 0 aliphatic heterocycles. The van der Waals surface area contributed by atoms with E-state index in [1.807, 2.05) is 54.9 Å². The number of aromatic nitrogens is 5. The molecule has 9 heteroatoms. The van der Waals surface area contributed by atoms with Crippen LogP contribution < -0.4 is 10.6 Å². The van der Waals surface area contributed by atoms with Crippen LogP contribution in [0.2, 0.25) is 0 Å². The summed E-state index contributed by atoms with van der Waals surface area (Å²) in [6.45, 7) is 5.07. The van der Waals surface area contributed by atoms with Gasteiger partial charge in [-0.1, -0.05) is 25.1 Å². The Balaban J connectivity index is 1.46. The van der Waals surface area contributed by atoms with E-state index in [0.29, 0.717) is 41.8 Å². The topological polar surface area (TPSA) is 107 Å². The quantitative estimate of drug-likeness (QED) is 0.346. The van der Waals surface area contributed by atoms with Gasteiger partial charge in [0.25, 0.3) is 11.8 Å². The molecular formula is C28H31N7O2. The maximum absolute atomic E-state index is 13.9. The number of rotatable bonds is 9. The summed E-state index contributed by atoms with van der Waals surface area (Å²) in [5, 5.41) is 16.1. The second kappa shape index (κ2) is 9.46. The maximum atomic E-state index is 13.9. The lowest BCUT2D eigenvalue weighted by molar-refractivity contribution is 0.0948. The van der Waals surface area contributed by atoms with Crippen LogP contribution in [-0.4, -0.2) is 42.9 Å². The lowest BCUT2D eigenvalue weighted by atomic mass is 10.0. The third-order valence-corrected chi connectivity index (χ3v) is 6.97. The van der Waals surface area contributed by atoms with Crippen molar-refractivity contribution in [3.05, 3.63) is 65.2 Å². The molecule has 0 radical (unpaired) electrons. The molecule has 0 spiro atoms. The molecule has 3 aromatic heterocycles. The molecule has 2 amide bonds. The Morgan fingerprint density at radius 1 is 1.00 bits per heavy atom. The molecule has 190 valence electrons. The molecule has 2 aliphatic rings. The highest BCUT2D eigenvalue weighted by molar-refractivity contribution is 6.14. The molecule has 4 aromatic rings. The first kappa shape index (κ1) is 23.4. The lowest BCUT2D eigenvalue weighted by Crippen LogP contribution is -2.26. The molecule has 2 N–H and O–H groups in total. The maximum Gasteiger partial charge on any atom is 0.273 e. The second-order valence-electron chi connectivity index (χ2n) is 9.93. The molecular weight excluding hydrogens is 466 g/mol. The second-order valence-corrected chi connectivity index (χ2v) is 9.93. The predicted molar refractivity (Wildman–Crippen MR) is 141 cm³/mol. The monoisotopic (exact) mass is 497 g/mol. The van der Waals surface area contributed by atoms with E-state index in [4.69, 9.17) is 10.1 Å². The molecule has 3 heterocycles. The van der Waals surface area contributed by atoms with Gasteiger partial charge in [-0.15, -0.1) is 0 Å². The summed E-state index contributed by atoms with van der Waals surface area (Å²) in [7, 11) is 0. The van der Waals surface area contributed by atoms with Crippen LogP contribution in [0.3, 0.4) is 0 Å². The Bertz CT molecular complexity index is 1480. The molecule has 2 saturated carbocycles. The van der Waals surface area contributed by atoms with E-state index in [1.165, 1.54) is 0 Å². The Kier molecular flexibility index (Phi) is 5.98. The summed E-state index contributed by atoms with van der Waals surface area (Å²) in [4.78, 5) is 31.7. The fourth-order valence-electron chi connectivity index (χ4n) is 4.68. The third-order valence-electron chi connectivity index (χ3n) is 6.97. The minimum atomic E-state index is -0.293. The number of hydrogen-bond donors (Lipinski definition) is 2.